The maximum atomic E-state index is 5.95. The van der Waals surface area contributed by atoms with E-state index in [1.54, 1.807) is 6.07 Å². The third kappa shape index (κ3) is 3.53. The molecule has 3 rings (SSSR count). The van der Waals surface area contributed by atoms with Gasteiger partial charge in [-0.05, 0) is 6.92 Å². The number of nitrogen functional groups attached to an aromatic ring is 1. The third-order valence-corrected chi connectivity index (χ3v) is 4.24. The van der Waals surface area contributed by atoms with Crippen molar-refractivity contribution in [2.45, 2.75) is 26.3 Å². The molecule has 0 radical (unpaired) electrons. The molecule has 1 saturated heterocycles. The summed E-state index contributed by atoms with van der Waals surface area (Å²) in [5.41, 5.74) is 5.66. The van der Waals surface area contributed by atoms with E-state index in [1.807, 2.05) is 6.92 Å². The Morgan fingerprint density at radius 3 is 2.61 bits per heavy atom. The van der Waals surface area contributed by atoms with Gasteiger partial charge in [0.1, 0.15) is 11.0 Å². The fourth-order valence-corrected chi connectivity index (χ4v) is 2.84. The minimum atomic E-state index is 0.101. The van der Waals surface area contributed by atoms with Crippen molar-refractivity contribution >= 4 is 23.4 Å². The second-order valence-electron chi connectivity index (χ2n) is 5.51. The van der Waals surface area contributed by atoms with Crippen molar-refractivity contribution in [2.75, 3.05) is 36.8 Å². The number of nitrogens with zero attached hydrogens (tertiary/aromatic N) is 6. The van der Waals surface area contributed by atoms with Gasteiger partial charge in [-0.25, -0.2) is 4.98 Å². The van der Waals surface area contributed by atoms with Crippen LogP contribution in [0.1, 0.15) is 31.6 Å². The van der Waals surface area contributed by atoms with Crippen LogP contribution < -0.4 is 10.6 Å². The molecule has 124 valence electrons. The number of aromatic nitrogens is 4. The first-order valence-corrected chi connectivity index (χ1v) is 8.06. The Bertz CT molecular complexity index is 649. The lowest BCUT2D eigenvalue weighted by Gasteiger charge is -2.37. The Balaban J connectivity index is 1.63. The van der Waals surface area contributed by atoms with Crippen LogP contribution in [-0.4, -0.2) is 51.2 Å². The van der Waals surface area contributed by atoms with Gasteiger partial charge in [-0.15, -0.1) is 0 Å². The van der Waals surface area contributed by atoms with Gasteiger partial charge in [-0.3, -0.25) is 4.90 Å². The summed E-state index contributed by atoms with van der Waals surface area (Å²) in [6.07, 6.45) is 0.778. The van der Waals surface area contributed by atoms with Crippen molar-refractivity contribution < 1.29 is 4.52 Å². The number of aryl methyl sites for hydroxylation is 1. The van der Waals surface area contributed by atoms with Gasteiger partial charge in [0.2, 0.25) is 11.8 Å². The van der Waals surface area contributed by atoms with Crippen LogP contribution in [0.2, 0.25) is 5.15 Å². The predicted molar refractivity (Wildman–Crippen MR) is 87.3 cm³/mol. The molecule has 0 aliphatic carbocycles. The van der Waals surface area contributed by atoms with E-state index in [1.165, 1.54) is 0 Å². The summed E-state index contributed by atoms with van der Waals surface area (Å²) in [5, 5.41) is 4.33. The molecule has 0 amide bonds. The van der Waals surface area contributed by atoms with E-state index in [0.29, 0.717) is 11.0 Å². The molecule has 23 heavy (non-hydrogen) atoms. The van der Waals surface area contributed by atoms with Crippen molar-refractivity contribution in [3.63, 3.8) is 0 Å². The molecular weight excluding hydrogens is 318 g/mol. The summed E-state index contributed by atoms with van der Waals surface area (Å²) in [7, 11) is 0. The van der Waals surface area contributed by atoms with E-state index in [0.717, 1.165) is 44.2 Å². The molecule has 0 aromatic carbocycles. The topological polar surface area (TPSA) is 97.2 Å². The Kier molecular flexibility index (Phi) is 4.63. The highest BCUT2D eigenvalue weighted by atomic mass is 35.5. The number of hydrogen-bond donors (Lipinski definition) is 1. The fourth-order valence-electron chi connectivity index (χ4n) is 2.66. The summed E-state index contributed by atoms with van der Waals surface area (Å²) >= 11 is 5.95. The molecule has 8 nitrogen and oxygen atoms in total. The van der Waals surface area contributed by atoms with Crippen LogP contribution in [0.5, 0.6) is 0 Å². The monoisotopic (exact) mass is 337 g/mol. The molecule has 0 saturated carbocycles. The number of piperazine rings is 1. The molecule has 3 heterocycles. The van der Waals surface area contributed by atoms with Crippen LogP contribution in [0.3, 0.4) is 0 Å². The van der Waals surface area contributed by atoms with Crippen LogP contribution in [0.4, 0.5) is 11.8 Å². The molecule has 2 aromatic heterocycles. The standard InChI is InChI=1S/C14H20ClN7O/c1-3-11-18-13(23-20-11)9(2)21-4-6-22(7-5-21)12-8-10(15)17-14(16)19-12/h8-9H,3-7H2,1-2H3,(H2,16,17,19). The lowest BCUT2D eigenvalue weighted by molar-refractivity contribution is 0.164. The minimum absolute atomic E-state index is 0.101. The summed E-state index contributed by atoms with van der Waals surface area (Å²) in [6.45, 7) is 7.48. The Morgan fingerprint density at radius 2 is 2.00 bits per heavy atom. The molecule has 1 fully saturated rings. The Hall–Kier alpha value is -1.93. The number of anilines is 2. The molecule has 1 atom stereocenters. The third-order valence-electron chi connectivity index (χ3n) is 4.04. The highest BCUT2D eigenvalue weighted by molar-refractivity contribution is 6.29. The molecule has 1 aliphatic rings. The van der Waals surface area contributed by atoms with Crippen LogP contribution in [0, 0.1) is 0 Å². The minimum Gasteiger partial charge on any atom is -0.368 e. The van der Waals surface area contributed by atoms with Gasteiger partial charge >= 0.3 is 0 Å². The molecule has 0 spiro atoms. The number of rotatable bonds is 4. The number of nitrogens with two attached hydrogens (primary N) is 1. The quantitative estimate of drug-likeness (QED) is 0.839. The maximum Gasteiger partial charge on any atom is 0.243 e. The van der Waals surface area contributed by atoms with E-state index in [4.69, 9.17) is 21.9 Å². The van der Waals surface area contributed by atoms with Crippen LogP contribution >= 0.6 is 11.6 Å². The first-order valence-electron chi connectivity index (χ1n) is 7.68. The zero-order valence-corrected chi connectivity index (χ0v) is 14.0. The van der Waals surface area contributed by atoms with Gasteiger partial charge in [-0.2, -0.15) is 9.97 Å². The van der Waals surface area contributed by atoms with E-state index >= 15 is 0 Å². The molecule has 1 unspecified atom stereocenters. The second-order valence-corrected chi connectivity index (χ2v) is 5.90. The van der Waals surface area contributed by atoms with Gasteiger partial charge in [0.15, 0.2) is 5.82 Å². The van der Waals surface area contributed by atoms with Gasteiger partial charge < -0.3 is 15.2 Å². The molecule has 2 N–H and O–H groups in total. The number of hydrogen-bond acceptors (Lipinski definition) is 8. The van der Waals surface area contributed by atoms with E-state index in [2.05, 4.69) is 36.8 Å². The van der Waals surface area contributed by atoms with E-state index < -0.39 is 0 Å². The average Bonchev–Trinajstić information content (AvgIpc) is 3.02. The van der Waals surface area contributed by atoms with Gasteiger partial charge in [0.05, 0.1) is 6.04 Å². The zero-order chi connectivity index (χ0) is 16.4. The van der Waals surface area contributed by atoms with Crippen molar-refractivity contribution in [1.29, 1.82) is 0 Å². The lowest BCUT2D eigenvalue weighted by Crippen LogP contribution is -2.47. The van der Waals surface area contributed by atoms with Crippen LogP contribution in [0.25, 0.3) is 0 Å². The predicted octanol–water partition coefficient (Wildman–Crippen LogP) is 1.54. The van der Waals surface area contributed by atoms with Gasteiger partial charge in [0, 0.05) is 38.7 Å². The lowest BCUT2D eigenvalue weighted by atomic mass is 10.2. The van der Waals surface area contributed by atoms with Crippen molar-refractivity contribution in [2.24, 2.45) is 0 Å². The maximum absolute atomic E-state index is 5.95. The van der Waals surface area contributed by atoms with Crippen LogP contribution in [0.15, 0.2) is 10.6 Å². The first-order chi connectivity index (χ1) is 11.1. The first kappa shape index (κ1) is 15.9. The van der Waals surface area contributed by atoms with Crippen molar-refractivity contribution in [3.8, 4) is 0 Å². The highest BCUT2D eigenvalue weighted by Gasteiger charge is 2.26. The molecular formula is C14H20ClN7O. The molecule has 0 bridgehead atoms. The van der Waals surface area contributed by atoms with E-state index in [9.17, 15) is 0 Å². The molecule has 2 aromatic rings. The number of halogens is 1. The molecule has 9 heteroatoms. The fraction of sp³-hybridized carbons (Fsp3) is 0.571. The summed E-state index contributed by atoms with van der Waals surface area (Å²) in [6, 6.07) is 1.84. The highest BCUT2D eigenvalue weighted by Crippen LogP contribution is 2.23. The Labute approximate surface area is 139 Å². The van der Waals surface area contributed by atoms with E-state index in [-0.39, 0.29) is 12.0 Å². The van der Waals surface area contributed by atoms with Crippen LogP contribution in [-0.2, 0) is 6.42 Å². The van der Waals surface area contributed by atoms with Gasteiger partial charge in [0.25, 0.3) is 0 Å². The average molecular weight is 338 g/mol. The van der Waals surface area contributed by atoms with Crippen molar-refractivity contribution in [3.05, 3.63) is 22.9 Å². The molecule has 1 aliphatic heterocycles. The van der Waals surface area contributed by atoms with Gasteiger partial charge in [-0.1, -0.05) is 23.7 Å². The normalized spacial score (nSPS) is 17.4. The largest absolute Gasteiger partial charge is 0.368 e. The smallest absolute Gasteiger partial charge is 0.243 e. The summed E-state index contributed by atoms with van der Waals surface area (Å²) in [4.78, 5) is 17.0. The second kappa shape index (κ2) is 6.67. The summed E-state index contributed by atoms with van der Waals surface area (Å²) < 4.78 is 5.34. The SMILES string of the molecule is CCc1noc(C(C)N2CCN(c3cc(Cl)nc(N)n3)CC2)n1. The Morgan fingerprint density at radius 1 is 1.26 bits per heavy atom. The summed E-state index contributed by atoms with van der Waals surface area (Å²) in [5.74, 6) is 2.38. The zero-order valence-electron chi connectivity index (χ0n) is 13.2. The van der Waals surface area contributed by atoms with Crippen molar-refractivity contribution in [1.82, 2.24) is 25.0 Å².